The molecule has 1 atom stereocenters. The number of carbonyl (C=O) groups excluding carboxylic acids is 2. The van der Waals surface area contributed by atoms with Crippen LogP contribution >= 0.6 is 27.3 Å². The Labute approximate surface area is 274 Å². The maximum absolute atomic E-state index is 14.0. The Kier molecular flexibility index (Phi) is 10.9. The predicted octanol–water partition coefficient (Wildman–Crippen LogP) is 3.32. The molecule has 1 aliphatic rings. The smallest absolute Gasteiger partial charge is 0.343 e. The number of nitriles is 1. The first-order valence-corrected chi connectivity index (χ1v) is 15.3. The lowest BCUT2D eigenvalue weighted by Crippen LogP contribution is -2.40. The van der Waals surface area contributed by atoms with E-state index >= 15 is 0 Å². The first-order chi connectivity index (χ1) is 22.0. The zero-order chi connectivity index (χ0) is 33.5. The summed E-state index contributed by atoms with van der Waals surface area (Å²) in [4.78, 5) is 54.9. The third-order valence-electron chi connectivity index (χ3n) is 6.50. The number of methoxy groups -OCH3 is 1. The number of nitro groups is 1. The van der Waals surface area contributed by atoms with Crippen molar-refractivity contribution in [2.24, 2.45) is 4.99 Å². The van der Waals surface area contributed by atoms with Gasteiger partial charge >= 0.3 is 17.6 Å². The molecule has 2 aromatic carbocycles. The van der Waals surface area contributed by atoms with E-state index in [0.717, 1.165) is 11.3 Å². The molecule has 0 saturated heterocycles. The number of fused-ring (bicyclic) bond motifs is 1. The molecule has 0 bridgehead atoms. The van der Waals surface area contributed by atoms with E-state index in [2.05, 4.69) is 25.7 Å². The Morgan fingerprint density at radius 2 is 1.93 bits per heavy atom. The molecule has 14 nitrogen and oxygen atoms in total. The minimum absolute atomic E-state index is 0.0823. The molecule has 0 fully saturated rings. The molecule has 16 heteroatoms. The zero-order valence-electron chi connectivity index (χ0n) is 25.0. The fourth-order valence-electron chi connectivity index (χ4n) is 4.60. The number of allylic oxidation sites excluding steroid dienone is 1. The summed E-state index contributed by atoms with van der Waals surface area (Å²) in [5, 5.41) is 20.6. The van der Waals surface area contributed by atoms with Crippen LogP contribution in [0.4, 0.5) is 5.69 Å². The number of halogens is 1. The molecule has 0 amide bonds. The highest BCUT2D eigenvalue weighted by Gasteiger charge is 2.34. The monoisotopic (exact) mass is 714 g/mol. The van der Waals surface area contributed by atoms with Crippen molar-refractivity contribution in [3.05, 3.63) is 87.0 Å². The summed E-state index contributed by atoms with van der Waals surface area (Å²) in [6.45, 7) is 4.63. The van der Waals surface area contributed by atoms with Crippen LogP contribution in [0.3, 0.4) is 0 Å². The van der Waals surface area contributed by atoms with Crippen molar-refractivity contribution in [3.8, 4) is 23.3 Å². The Balaban J connectivity index is 1.91. The summed E-state index contributed by atoms with van der Waals surface area (Å²) in [5.74, 6) is -0.872. The molecule has 0 saturated carbocycles. The number of hydrogen-bond donors (Lipinski definition) is 0. The Hall–Kier alpha value is -5.01. The number of rotatable bonds is 12. The SMILES string of the molecule is CCOC(=O)C1=C(C)N=c2s/c(=C/c3cc(Br)c(OCC#N)c([N+](=O)[O-])c3)c(=O)n2[C@@H]1c1ccc(OCC(=O)OC)c(OCC)c1. The number of nitrogens with zero attached hydrogens (tertiary/aromatic N) is 4. The quantitative estimate of drug-likeness (QED) is 0.152. The average Bonchev–Trinajstić information content (AvgIpc) is 3.32. The van der Waals surface area contributed by atoms with Gasteiger partial charge in [0.05, 0.1) is 51.6 Å². The first kappa shape index (κ1) is 33.9. The summed E-state index contributed by atoms with van der Waals surface area (Å²) in [7, 11) is 1.24. The lowest BCUT2D eigenvalue weighted by molar-refractivity contribution is -0.385. The van der Waals surface area contributed by atoms with Gasteiger partial charge in [-0.2, -0.15) is 5.26 Å². The first-order valence-electron chi connectivity index (χ1n) is 13.7. The van der Waals surface area contributed by atoms with Gasteiger partial charge in [-0.3, -0.25) is 19.5 Å². The second kappa shape index (κ2) is 14.8. The molecule has 46 heavy (non-hydrogen) atoms. The zero-order valence-corrected chi connectivity index (χ0v) is 27.4. The van der Waals surface area contributed by atoms with E-state index in [1.54, 1.807) is 45.0 Å². The van der Waals surface area contributed by atoms with E-state index in [1.807, 2.05) is 0 Å². The standard InChI is InChI=1S/C30H27BrN4O10S/c1-5-42-22-14-18(7-8-21(22)45-15-24(36)41-4)26-25(29(38)43-6-2)16(3)33-30-34(26)28(37)23(46-30)13-17-11-19(31)27(44-10-9-32)20(12-17)35(39)40/h7-8,11-14,26H,5-6,10,15H2,1-4H3/b23-13+/t26-/m1/s1. The predicted molar refractivity (Wildman–Crippen MR) is 167 cm³/mol. The Morgan fingerprint density at radius 1 is 1.17 bits per heavy atom. The van der Waals surface area contributed by atoms with Crippen LogP contribution in [-0.2, 0) is 19.1 Å². The summed E-state index contributed by atoms with van der Waals surface area (Å²) in [6.07, 6.45) is 1.46. The molecule has 0 unspecified atom stereocenters. The third-order valence-corrected chi connectivity index (χ3v) is 8.07. The number of benzene rings is 2. The van der Waals surface area contributed by atoms with Crippen LogP contribution in [0.25, 0.3) is 6.08 Å². The summed E-state index contributed by atoms with van der Waals surface area (Å²) in [5.41, 5.74) is 0.310. The van der Waals surface area contributed by atoms with Gasteiger partial charge in [-0.1, -0.05) is 17.4 Å². The van der Waals surface area contributed by atoms with Crippen molar-refractivity contribution in [2.45, 2.75) is 26.8 Å². The van der Waals surface area contributed by atoms with Gasteiger partial charge in [0.15, 0.2) is 29.5 Å². The Morgan fingerprint density at radius 3 is 2.59 bits per heavy atom. The van der Waals surface area contributed by atoms with Gasteiger partial charge in [0.25, 0.3) is 5.56 Å². The van der Waals surface area contributed by atoms with Crippen LogP contribution in [-0.4, -0.2) is 55.0 Å². The molecule has 0 N–H and O–H groups in total. The van der Waals surface area contributed by atoms with E-state index in [0.29, 0.717) is 16.8 Å². The van der Waals surface area contributed by atoms with Gasteiger partial charge in [-0.25, -0.2) is 14.6 Å². The third kappa shape index (κ3) is 7.11. The molecule has 4 rings (SSSR count). The molecule has 2 heterocycles. The number of esters is 2. The molecule has 0 radical (unpaired) electrons. The second-order valence-electron chi connectivity index (χ2n) is 9.36. The fourth-order valence-corrected chi connectivity index (χ4v) is 6.23. The van der Waals surface area contributed by atoms with Gasteiger partial charge in [0.2, 0.25) is 5.75 Å². The van der Waals surface area contributed by atoms with E-state index in [9.17, 15) is 24.5 Å². The van der Waals surface area contributed by atoms with Crippen LogP contribution in [0.5, 0.6) is 17.2 Å². The molecule has 1 aromatic heterocycles. The van der Waals surface area contributed by atoms with Crippen molar-refractivity contribution in [1.29, 1.82) is 5.26 Å². The topological polar surface area (TPSA) is 182 Å². The van der Waals surface area contributed by atoms with Crippen LogP contribution in [0.1, 0.15) is 37.9 Å². The van der Waals surface area contributed by atoms with E-state index in [-0.39, 0.29) is 56.4 Å². The van der Waals surface area contributed by atoms with Crippen LogP contribution in [0, 0.1) is 21.4 Å². The highest BCUT2D eigenvalue weighted by molar-refractivity contribution is 9.10. The van der Waals surface area contributed by atoms with Crippen LogP contribution in [0.2, 0.25) is 0 Å². The van der Waals surface area contributed by atoms with E-state index in [1.165, 1.54) is 29.9 Å². The summed E-state index contributed by atoms with van der Waals surface area (Å²) in [6, 6.07) is 8.33. The van der Waals surface area contributed by atoms with Crippen molar-refractivity contribution < 1.29 is 38.2 Å². The number of carbonyl (C=O) groups is 2. The largest absolute Gasteiger partial charge is 0.490 e. The van der Waals surface area contributed by atoms with Gasteiger partial charge in [-0.05, 0) is 72.1 Å². The number of nitro benzene ring substituents is 1. The number of aromatic nitrogens is 1. The van der Waals surface area contributed by atoms with Crippen molar-refractivity contribution in [1.82, 2.24) is 4.57 Å². The molecular weight excluding hydrogens is 688 g/mol. The van der Waals surface area contributed by atoms with Gasteiger partial charge in [-0.15, -0.1) is 0 Å². The summed E-state index contributed by atoms with van der Waals surface area (Å²) >= 11 is 4.29. The molecule has 1 aliphatic heterocycles. The van der Waals surface area contributed by atoms with E-state index < -0.39 is 40.8 Å². The lowest BCUT2D eigenvalue weighted by atomic mass is 9.95. The molecule has 240 valence electrons. The van der Waals surface area contributed by atoms with Gasteiger partial charge in [0, 0.05) is 6.07 Å². The van der Waals surface area contributed by atoms with Crippen LogP contribution < -0.4 is 29.1 Å². The highest BCUT2D eigenvalue weighted by Crippen LogP contribution is 2.38. The molecule has 0 spiro atoms. The normalized spacial score (nSPS) is 14.1. The minimum atomic E-state index is -0.992. The Bertz CT molecular complexity index is 1960. The molecule has 3 aromatic rings. The average molecular weight is 716 g/mol. The maximum Gasteiger partial charge on any atom is 0.343 e. The van der Waals surface area contributed by atoms with Crippen molar-refractivity contribution >= 4 is 51.0 Å². The minimum Gasteiger partial charge on any atom is -0.490 e. The summed E-state index contributed by atoms with van der Waals surface area (Å²) < 4.78 is 28.3. The van der Waals surface area contributed by atoms with Crippen LogP contribution in [0.15, 0.2) is 55.9 Å². The van der Waals surface area contributed by atoms with Crippen molar-refractivity contribution in [2.75, 3.05) is 33.5 Å². The second-order valence-corrected chi connectivity index (χ2v) is 11.2. The van der Waals surface area contributed by atoms with Gasteiger partial charge < -0.3 is 23.7 Å². The number of hydrogen-bond acceptors (Lipinski definition) is 13. The molecular formula is C30H27BrN4O10S. The van der Waals surface area contributed by atoms with Gasteiger partial charge in [0.1, 0.15) is 6.07 Å². The fraction of sp³-hybridized carbons (Fsp3) is 0.300. The maximum atomic E-state index is 14.0. The lowest BCUT2D eigenvalue weighted by Gasteiger charge is -2.25. The number of ether oxygens (including phenoxy) is 5. The highest BCUT2D eigenvalue weighted by atomic mass is 79.9. The molecule has 0 aliphatic carbocycles. The number of thiazole rings is 1. The van der Waals surface area contributed by atoms with Crippen molar-refractivity contribution in [3.63, 3.8) is 0 Å². The van der Waals surface area contributed by atoms with E-state index in [4.69, 9.17) is 24.2 Å².